The molecule has 1 heterocycles. The SMILES string of the molecule is COc1ccc(Cl)cc1-n1nncc1C(=O)c1ccccc1. The van der Waals surface area contributed by atoms with E-state index in [1.165, 1.54) is 10.9 Å². The quantitative estimate of drug-likeness (QED) is 0.694. The van der Waals surface area contributed by atoms with Crippen LogP contribution in [-0.2, 0) is 0 Å². The molecule has 0 aliphatic heterocycles. The number of halogens is 1. The highest BCUT2D eigenvalue weighted by molar-refractivity contribution is 6.30. The van der Waals surface area contributed by atoms with Gasteiger partial charge in [0, 0.05) is 10.6 Å². The summed E-state index contributed by atoms with van der Waals surface area (Å²) in [7, 11) is 1.54. The largest absolute Gasteiger partial charge is 0.494 e. The van der Waals surface area contributed by atoms with Gasteiger partial charge >= 0.3 is 0 Å². The van der Waals surface area contributed by atoms with E-state index in [-0.39, 0.29) is 5.78 Å². The molecule has 22 heavy (non-hydrogen) atoms. The minimum atomic E-state index is -0.173. The molecule has 0 fully saturated rings. The molecular weight excluding hydrogens is 302 g/mol. The van der Waals surface area contributed by atoms with Crippen molar-refractivity contribution in [3.8, 4) is 11.4 Å². The zero-order valence-corrected chi connectivity index (χ0v) is 12.5. The Kier molecular flexibility index (Phi) is 3.89. The van der Waals surface area contributed by atoms with Crippen LogP contribution in [0.25, 0.3) is 5.69 Å². The molecule has 6 heteroatoms. The van der Waals surface area contributed by atoms with Gasteiger partial charge in [0.25, 0.3) is 0 Å². The summed E-state index contributed by atoms with van der Waals surface area (Å²) < 4.78 is 6.74. The van der Waals surface area contributed by atoms with Crippen molar-refractivity contribution in [1.82, 2.24) is 15.0 Å². The number of ether oxygens (including phenoxy) is 1. The zero-order chi connectivity index (χ0) is 15.5. The van der Waals surface area contributed by atoms with Gasteiger partial charge in [-0.25, -0.2) is 4.68 Å². The molecule has 0 bridgehead atoms. The van der Waals surface area contributed by atoms with Crippen LogP contribution in [0.3, 0.4) is 0 Å². The van der Waals surface area contributed by atoms with Gasteiger partial charge in [0.2, 0.25) is 5.78 Å². The Hall–Kier alpha value is -2.66. The first-order valence-electron chi connectivity index (χ1n) is 6.55. The van der Waals surface area contributed by atoms with Crippen LogP contribution in [0.4, 0.5) is 0 Å². The van der Waals surface area contributed by atoms with Crippen molar-refractivity contribution >= 4 is 17.4 Å². The second kappa shape index (κ2) is 5.99. The summed E-state index contributed by atoms with van der Waals surface area (Å²) in [6.45, 7) is 0. The number of hydrogen-bond acceptors (Lipinski definition) is 4. The van der Waals surface area contributed by atoms with Gasteiger partial charge in [0.15, 0.2) is 0 Å². The number of aromatic nitrogens is 3. The van der Waals surface area contributed by atoms with Gasteiger partial charge in [-0.05, 0) is 18.2 Å². The molecular formula is C16H12ClN3O2. The standard InChI is InChI=1S/C16H12ClN3O2/c1-22-15-8-7-12(17)9-13(15)20-14(10-18-19-20)16(21)11-5-3-2-4-6-11/h2-10H,1H3. The molecule has 1 aromatic heterocycles. The minimum Gasteiger partial charge on any atom is -0.494 e. The molecule has 2 aromatic carbocycles. The van der Waals surface area contributed by atoms with E-state index < -0.39 is 0 Å². The van der Waals surface area contributed by atoms with E-state index in [2.05, 4.69) is 10.3 Å². The second-order valence-electron chi connectivity index (χ2n) is 4.54. The molecule has 0 spiro atoms. The molecule has 3 rings (SSSR count). The lowest BCUT2D eigenvalue weighted by molar-refractivity contribution is 0.103. The lowest BCUT2D eigenvalue weighted by Gasteiger charge is -2.10. The van der Waals surface area contributed by atoms with Gasteiger partial charge < -0.3 is 4.74 Å². The number of carbonyl (C=O) groups is 1. The number of ketones is 1. The van der Waals surface area contributed by atoms with Gasteiger partial charge in [-0.1, -0.05) is 47.1 Å². The number of benzene rings is 2. The highest BCUT2D eigenvalue weighted by Gasteiger charge is 2.18. The topological polar surface area (TPSA) is 57.0 Å². The number of hydrogen-bond donors (Lipinski definition) is 0. The molecule has 0 unspecified atom stereocenters. The fraction of sp³-hybridized carbons (Fsp3) is 0.0625. The van der Waals surface area contributed by atoms with Gasteiger partial charge in [-0.15, -0.1) is 5.10 Å². The highest BCUT2D eigenvalue weighted by Crippen LogP contribution is 2.27. The van der Waals surface area contributed by atoms with Gasteiger partial charge in [0.05, 0.1) is 13.3 Å². The molecule has 0 saturated heterocycles. The first-order valence-corrected chi connectivity index (χ1v) is 6.93. The van der Waals surface area contributed by atoms with E-state index in [4.69, 9.17) is 16.3 Å². The molecule has 0 aliphatic rings. The lowest BCUT2D eigenvalue weighted by Crippen LogP contribution is -2.11. The van der Waals surface area contributed by atoms with Crippen molar-refractivity contribution in [3.63, 3.8) is 0 Å². The smallest absolute Gasteiger partial charge is 0.213 e. The monoisotopic (exact) mass is 313 g/mol. The normalized spacial score (nSPS) is 10.5. The maximum absolute atomic E-state index is 12.6. The first-order chi connectivity index (χ1) is 10.7. The fourth-order valence-corrected chi connectivity index (χ4v) is 2.30. The third-order valence-corrected chi connectivity index (χ3v) is 3.42. The molecule has 0 saturated carbocycles. The van der Waals surface area contributed by atoms with Crippen molar-refractivity contribution < 1.29 is 9.53 Å². The molecule has 110 valence electrons. The Morgan fingerprint density at radius 2 is 1.95 bits per heavy atom. The Morgan fingerprint density at radius 3 is 2.68 bits per heavy atom. The van der Waals surface area contributed by atoms with E-state index >= 15 is 0 Å². The maximum atomic E-state index is 12.6. The molecule has 3 aromatic rings. The third kappa shape index (κ3) is 2.58. The number of carbonyl (C=O) groups excluding carboxylic acids is 1. The summed E-state index contributed by atoms with van der Waals surface area (Å²) in [4.78, 5) is 12.6. The Bertz CT molecular complexity index is 815. The van der Waals surface area contributed by atoms with E-state index in [1.54, 1.807) is 49.6 Å². The van der Waals surface area contributed by atoms with Crippen LogP contribution in [-0.4, -0.2) is 27.9 Å². The summed E-state index contributed by atoms with van der Waals surface area (Å²) in [5, 5.41) is 8.35. The first kappa shape index (κ1) is 14.3. The van der Waals surface area contributed by atoms with Crippen molar-refractivity contribution in [2.24, 2.45) is 0 Å². The van der Waals surface area contributed by atoms with Crippen molar-refractivity contribution in [2.75, 3.05) is 7.11 Å². The Morgan fingerprint density at radius 1 is 1.18 bits per heavy atom. The average molecular weight is 314 g/mol. The van der Waals surface area contributed by atoms with Crippen LogP contribution in [0.2, 0.25) is 5.02 Å². The predicted octanol–water partition coefficient (Wildman–Crippen LogP) is 3.16. The van der Waals surface area contributed by atoms with E-state index in [9.17, 15) is 4.79 Å². The third-order valence-electron chi connectivity index (χ3n) is 3.19. The summed E-state index contributed by atoms with van der Waals surface area (Å²) in [5.41, 5.74) is 1.46. The Balaban J connectivity index is 2.10. The molecule has 0 radical (unpaired) electrons. The molecule has 0 atom stereocenters. The maximum Gasteiger partial charge on any atom is 0.213 e. The van der Waals surface area contributed by atoms with Crippen LogP contribution in [0.15, 0.2) is 54.7 Å². The zero-order valence-electron chi connectivity index (χ0n) is 11.7. The molecule has 5 nitrogen and oxygen atoms in total. The van der Waals surface area contributed by atoms with Crippen molar-refractivity contribution in [1.29, 1.82) is 0 Å². The summed E-state index contributed by atoms with van der Waals surface area (Å²) in [6, 6.07) is 14.1. The number of rotatable bonds is 4. The molecule has 0 N–H and O–H groups in total. The number of nitrogens with zero attached hydrogens (tertiary/aromatic N) is 3. The van der Waals surface area contributed by atoms with Crippen LogP contribution in [0.5, 0.6) is 5.75 Å². The summed E-state index contributed by atoms with van der Waals surface area (Å²) in [5.74, 6) is 0.379. The van der Waals surface area contributed by atoms with Crippen LogP contribution in [0.1, 0.15) is 16.1 Å². The van der Waals surface area contributed by atoms with E-state index in [0.717, 1.165) is 0 Å². The average Bonchev–Trinajstić information content (AvgIpc) is 3.04. The summed E-state index contributed by atoms with van der Waals surface area (Å²) in [6.07, 6.45) is 1.43. The molecule has 0 amide bonds. The summed E-state index contributed by atoms with van der Waals surface area (Å²) >= 11 is 6.04. The van der Waals surface area contributed by atoms with Crippen molar-refractivity contribution in [3.05, 3.63) is 71.0 Å². The van der Waals surface area contributed by atoms with Crippen LogP contribution < -0.4 is 4.74 Å². The van der Waals surface area contributed by atoms with Crippen molar-refractivity contribution in [2.45, 2.75) is 0 Å². The minimum absolute atomic E-state index is 0.173. The molecule has 0 aliphatic carbocycles. The van der Waals surface area contributed by atoms with Gasteiger partial charge in [-0.2, -0.15) is 0 Å². The number of methoxy groups -OCH3 is 1. The Labute approximate surface area is 132 Å². The van der Waals surface area contributed by atoms with E-state index in [0.29, 0.717) is 27.7 Å². The van der Waals surface area contributed by atoms with Gasteiger partial charge in [-0.3, -0.25) is 4.79 Å². The van der Waals surface area contributed by atoms with E-state index in [1.807, 2.05) is 6.07 Å². The van der Waals surface area contributed by atoms with Gasteiger partial charge in [0.1, 0.15) is 17.1 Å². The second-order valence-corrected chi connectivity index (χ2v) is 4.98. The lowest BCUT2D eigenvalue weighted by atomic mass is 10.1. The van der Waals surface area contributed by atoms with Crippen LogP contribution in [0, 0.1) is 0 Å². The predicted molar refractivity (Wildman–Crippen MR) is 82.8 cm³/mol. The van der Waals surface area contributed by atoms with Crippen LogP contribution >= 0.6 is 11.6 Å². The highest BCUT2D eigenvalue weighted by atomic mass is 35.5. The fourth-order valence-electron chi connectivity index (χ4n) is 2.13.